The van der Waals surface area contributed by atoms with Crippen LogP contribution >= 0.6 is 0 Å². The van der Waals surface area contributed by atoms with Gasteiger partial charge in [0.2, 0.25) is 6.10 Å². The lowest BCUT2D eigenvalue weighted by molar-refractivity contribution is -0.132. The van der Waals surface area contributed by atoms with Gasteiger partial charge in [0.25, 0.3) is 5.91 Å². The summed E-state index contributed by atoms with van der Waals surface area (Å²) >= 11 is 0. The number of nitrogens with zero attached hydrogens (tertiary/aromatic N) is 4. The number of hydrogen-bond donors (Lipinski definition) is 0. The number of nitriles is 2. The van der Waals surface area contributed by atoms with Crippen molar-refractivity contribution in [3.05, 3.63) is 29.3 Å². The molecule has 0 saturated carbocycles. The average Bonchev–Trinajstić information content (AvgIpc) is 2.74. The topological polar surface area (TPSA) is 89.5 Å². The van der Waals surface area contributed by atoms with Crippen LogP contribution in [0.4, 0.5) is 0 Å². The largest absolute Gasteiger partial charge is 0.474 e. The Balaban J connectivity index is 2.31. The van der Waals surface area contributed by atoms with E-state index in [1.165, 1.54) is 23.2 Å². The summed E-state index contributed by atoms with van der Waals surface area (Å²) in [5.41, 5.74) is 1.25. The summed E-state index contributed by atoms with van der Waals surface area (Å²) in [5, 5.41) is 23.2. The van der Waals surface area contributed by atoms with Crippen LogP contribution in [0.5, 0.6) is 5.75 Å². The van der Waals surface area contributed by atoms with Crippen molar-refractivity contribution in [3.63, 3.8) is 0 Å². The molecule has 0 fully saturated rings. The lowest BCUT2D eigenvalue weighted by atomic mass is 10.1. The Kier molecular flexibility index (Phi) is 3.67. The number of likely N-dealkylation sites (N-methyl/N-ethyl adjacent to an activating group) is 1. The molecule has 6 heteroatoms. The standard InChI is InChI=1S/C14H12N4O2/c1-3-12-13(14(19)18(2)17-12)20-11-5-9(7-15)4-10(6-11)8-16/h4-6,13H,3H2,1-2H3. The van der Waals surface area contributed by atoms with Crippen LogP contribution in [0.1, 0.15) is 24.5 Å². The van der Waals surface area contributed by atoms with Gasteiger partial charge >= 0.3 is 0 Å². The molecule has 2 rings (SSSR count). The summed E-state index contributed by atoms with van der Waals surface area (Å²) in [6.45, 7) is 1.88. The minimum absolute atomic E-state index is 0.261. The van der Waals surface area contributed by atoms with Crippen LogP contribution in [0.25, 0.3) is 0 Å². The van der Waals surface area contributed by atoms with Gasteiger partial charge in [-0.3, -0.25) is 4.79 Å². The van der Waals surface area contributed by atoms with E-state index >= 15 is 0 Å². The zero-order chi connectivity index (χ0) is 14.7. The molecule has 1 heterocycles. The van der Waals surface area contributed by atoms with E-state index < -0.39 is 6.10 Å². The number of carbonyl (C=O) groups excluding carboxylic acids is 1. The highest BCUT2D eigenvalue weighted by Gasteiger charge is 2.34. The molecular weight excluding hydrogens is 256 g/mol. The first kappa shape index (κ1) is 13.6. The third-order valence-electron chi connectivity index (χ3n) is 2.91. The molecule has 6 nitrogen and oxygen atoms in total. The van der Waals surface area contributed by atoms with Gasteiger partial charge in [-0.1, -0.05) is 6.92 Å². The van der Waals surface area contributed by atoms with E-state index in [1.807, 2.05) is 19.1 Å². The van der Waals surface area contributed by atoms with Crippen molar-refractivity contribution < 1.29 is 9.53 Å². The van der Waals surface area contributed by atoms with Crippen LogP contribution < -0.4 is 4.74 Å². The molecule has 1 aromatic rings. The molecule has 1 aliphatic heterocycles. The highest BCUT2D eigenvalue weighted by molar-refractivity contribution is 6.10. The van der Waals surface area contributed by atoms with Gasteiger partial charge in [0.05, 0.1) is 29.0 Å². The van der Waals surface area contributed by atoms with Gasteiger partial charge < -0.3 is 4.74 Å². The van der Waals surface area contributed by atoms with Gasteiger partial charge in [-0.2, -0.15) is 15.6 Å². The van der Waals surface area contributed by atoms with Gasteiger partial charge in [0.15, 0.2) is 0 Å². The van der Waals surface area contributed by atoms with Crippen molar-refractivity contribution in [2.75, 3.05) is 7.05 Å². The molecular formula is C14H12N4O2. The second-order valence-electron chi connectivity index (χ2n) is 4.27. The van der Waals surface area contributed by atoms with Gasteiger partial charge in [-0.25, -0.2) is 5.01 Å². The molecule has 1 atom stereocenters. The van der Waals surface area contributed by atoms with Crippen LogP contribution in [0, 0.1) is 22.7 Å². The molecule has 1 aromatic carbocycles. The van der Waals surface area contributed by atoms with Crippen molar-refractivity contribution in [2.24, 2.45) is 5.10 Å². The van der Waals surface area contributed by atoms with E-state index in [0.29, 0.717) is 29.0 Å². The van der Waals surface area contributed by atoms with E-state index in [-0.39, 0.29) is 5.91 Å². The molecule has 20 heavy (non-hydrogen) atoms. The first-order valence-electron chi connectivity index (χ1n) is 6.06. The van der Waals surface area contributed by atoms with Gasteiger partial charge in [0.1, 0.15) is 5.75 Å². The quantitative estimate of drug-likeness (QED) is 0.829. The van der Waals surface area contributed by atoms with Crippen LogP contribution in [0.2, 0.25) is 0 Å². The fourth-order valence-electron chi connectivity index (χ4n) is 1.91. The summed E-state index contributed by atoms with van der Waals surface area (Å²) < 4.78 is 5.62. The van der Waals surface area contributed by atoms with Crippen molar-refractivity contribution in [1.29, 1.82) is 10.5 Å². The Morgan fingerprint density at radius 2 is 1.90 bits per heavy atom. The SMILES string of the molecule is CCC1=NN(C)C(=O)C1Oc1cc(C#N)cc(C#N)c1. The number of hydrogen-bond acceptors (Lipinski definition) is 5. The van der Waals surface area contributed by atoms with E-state index in [0.717, 1.165) is 0 Å². The minimum Gasteiger partial charge on any atom is -0.474 e. The van der Waals surface area contributed by atoms with Gasteiger partial charge in [0, 0.05) is 7.05 Å². The third-order valence-corrected chi connectivity index (χ3v) is 2.91. The number of amides is 1. The minimum atomic E-state index is -0.787. The zero-order valence-electron chi connectivity index (χ0n) is 11.1. The number of rotatable bonds is 3. The van der Waals surface area contributed by atoms with Gasteiger partial charge in [-0.05, 0) is 24.6 Å². The normalized spacial score (nSPS) is 17.4. The Morgan fingerprint density at radius 1 is 1.30 bits per heavy atom. The van der Waals surface area contributed by atoms with Crippen molar-refractivity contribution in [2.45, 2.75) is 19.4 Å². The molecule has 0 saturated heterocycles. The maximum Gasteiger partial charge on any atom is 0.289 e. The highest BCUT2D eigenvalue weighted by atomic mass is 16.5. The molecule has 0 N–H and O–H groups in total. The molecule has 0 radical (unpaired) electrons. The van der Waals surface area contributed by atoms with Crippen LogP contribution in [0.15, 0.2) is 23.3 Å². The maximum atomic E-state index is 11.9. The molecule has 0 aliphatic carbocycles. The zero-order valence-corrected chi connectivity index (χ0v) is 11.1. The van der Waals surface area contributed by atoms with Crippen molar-refractivity contribution in [1.82, 2.24) is 5.01 Å². The molecule has 1 aliphatic rings. The van der Waals surface area contributed by atoms with Crippen LogP contribution in [-0.2, 0) is 4.79 Å². The average molecular weight is 268 g/mol. The number of benzene rings is 1. The molecule has 1 unspecified atom stereocenters. The first-order chi connectivity index (χ1) is 9.58. The van der Waals surface area contributed by atoms with Crippen LogP contribution in [0.3, 0.4) is 0 Å². The first-order valence-corrected chi connectivity index (χ1v) is 6.06. The molecule has 0 aromatic heterocycles. The van der Waals surface area contributed by atoms with E-state index in [1.54, 1.807) is 7.05 Å². The summed E-state index contributed by atoms with van der Waals surface area (Å²) in [4.78, 5) is 11.9. The maximum absolute atomic E-state index is 11.9. The summed E-state index contributed by atoms with van der Waals surface area (Å²) in [6, 6.07) is 8.37. The third kappa shape index (κ3) is 2.45. The number of hydrazone groups is 1. The second-order valence-corrected chi connectivity index (χ2v) is 4.27. The van der Waals surface area contributed by atoms with E-state index in [9.17, 15) is 4.79 Å². The number of ether oxygens (including phenoxy) is 1. The smallest absolute Gasteiger partial charge is 0.289 e. The molecule has 0 bridgehead atoms. The second kappa shape index (κ2) is 5.41. The fourth-order valence-corrected chi connectivity index (χ4v) is 1.91. The highest BCUT2D eigenvalue weighted by Crippen LogP contribution is 2.21. The summed E-state index contributed by atoms with van der Waals surface area (Å²) in [6.07, 6.45) is -0.199. The molecule has 1 amide bonds. The van der Waals surface area contributed by atoms with Crippen molar-refractivity contribution >= 4 is 11.6 Å². The van der Waals surface area contributed by atoms with E-state index in [4.69, 9.17) is 15.3 Å². The monoisotopic (exact) mass is 268 g/mol. The predicted molar refractivity (Wildman–Crippen MR) is 70.8 cm³/mol. The van der Waals surface area contributed by atoms with Crippen molar-refractivity contribution in [3.8, 4) is 17.9 Å². The molecule has 100 valence electrons. The van der Waals surface area contributed by atoms with E-state index in [2.05, 4.69) is 5.10 Å². The van der Waals surface area contributed by atoms with Crippen LogP contribution in [-0.4, -0.2) is 29.8 Å². The Labute approximate surface area is 116 Å². The Bertz CT molecular complexity index is 634. The lowest BCUT2D eigenvalue weighted by Gasteiger charge is -2.14. The summed E-state index contributed by atoms with van der Waals surface area (Å²) in [7, 11) is 1.56. The Hall–Kier alpha value is -2.86. The molecule has 0 spiro atoms. The number of carbonyl (C=O) groups is 1. The Morgan fingerprint density at radius 3 is 2.40 bits per heavy atom. The summed E-state index contributed by atoms with van der Waals surface area (Å²) in [5.74, 6) is 0.0538. The predicted octanol–water partition coefficient (Wildman–Crippen LogP) is 1.42. The fraction of sp³-hybridized carbons (Fsp3) is 0.286. The van der Waals surface area contributed by atoms with Gasteiger partial charge in [-0.15, -0.1) is 0 Å². The lowest BCUT2D eigenvalue weighted by Crippen LogP contribution is -2.35.